The number of aliphatic hydroxyl groups excluding tert-OH is 2. The number of aromatic nitrogens is 1. The van der Waals surface area contributed by atoms with Gasteiger partial charge in [-0.15, -0.1) is 0 Å². The van der Waals surface area contributed by atoms with E-state index in [1.165, 1.54) is 7.11 Å². The van der Waals surface area contributed by atoms with Crippen molar-refractivity contribution in [2.45, 2.75) is 44.9 Å². The Morgan fingerprint density at radius 1 is 1.30 bits per heavy atom. The van der Waals surface area contributed by atoms with Crippen molar-refractivity contribution >= 4 is 11.7 Å². The summed E-state index contributed by atoms with van der Waals surface area (Å²) in [7, 11) is 1.53. The molecule has 0 amide bonds. The molecule has 27 heavy (non-hydrogen) atoms. The SMILES string of the molecule is COC1=NCc2cc(CC(=O)C[C@@H](c3ccccc3)[C@H](C)O)nc(CO)c21. The Morgan fingerprint density at radius 2 is 2.04 bits per heavy atom. The number of Topliss-reactive ketones (excluding diaryl/α,β-unsaturated/α-hetero) is 1. The Balaban J connectivity index is 1.77. The summed E-state index contributed by atoms with van der Waals surface area (Å²) in [5.74, 6) is 0.207. The van der Waals surface area contributed by atoms with E-state index in [0.29, 0.717) is 23.8 Å². The first kappa shape index (κ1) is 19.2. The lowest BCUT2D eigenvalue weighted by Gasteiger charge is -2.20. The molecule has 2 atom stereocenters. The zero-order valence-electron chi connectivity index (χ0n) is 15.6. The second-order valence-corrected chi connectivity index (χ2v) is 6.76. The number of hydrogen-bond acceptors (Lipinski definition) is 6. The monoisotopic (exact) mass is 368 g/mol. The van der Waals surface area contributed by atoms with Crippen LogP contribution >= 0.6 is 0 Å². The standard InChI is InChI=1S/C21H24N2O4/c1-13(25)18(14-6-4-3-5-7-14)10-17(26)9-16-8-15-11-22-21(27-2)20(15)19(12-24)23-16/h3-8,13,18,24-25H,9-12H2,1-2H3/t13-,18+/m0/s1. The molecule has 2 aromatic rings. The molecule has 2 N–H and O–H groups in total. The molecule has 0 radical (unpaired) electrons. The van der Waals surface area contributed by atoms with Crippen LogP contribution in [0, 0.1) is 0 Å². The maximum absolute atomic E-state index is 12.7. The summed E-state index contributed by atoms with van der Waals surface area (Å²) < 4.78 is 5.23. The number of methoxy groups -OCH3 is 1. The van der Waals surface area contributed by atoms with Crippen LogP contribution in [0.3, 0.4) is 0 Å². The molecule has 142 valence electrons. The summed E-state index contributed by atoms with van der Waals surface area (Å²) in [6.07, 6.45) is -0.247. The van der Waals surface area contributed by atoms with Crippen LogP contribution in [0.5, 0.6) is 0 Å². The number of rotatable bonds is 7. The number of nitrogens with zero attached hydrogens (tertiary/aromatic N) is 2. The van der Waals surface area contributed by atoms with E-state index in [0.717, 1.165) is 16.7 Å². The number of pyridine rings is 1. The van der Waals surface area contributed by atoms with Gasteiger partial charge in [0.25, 0.3) is 0 Å². The van der Waals surface area contributed by atoms with Crippen molar-refractivity contribution in [3.63, 3.8) is 0 Å². The van der Waals surface area contributed by atoms with Crippen LogP contribution in [-0.4, -0.2) is 40.1 Å². The van der Waals surface area contributed by atoms with Crippen molar-refractivity contribution in [1.82, 2.24) is 4.98 Å². The smallest absolute Gasteiger partial charge is 0.218 e. The molecule has 6 heteroatoms. The lowest BCUT2D eigenvalue weighted by molar-refractivity contribution is -0.119. The molecule has 0 aliphatic carbocycles. The highest BCUT2D eigenvalue weighted by molar-refractivity contribution is 5.98. The molecule has 1 aliphatic rings. The van der Waals surface area contributed by atoms with E-state index in [9.17, 15) is 15.0 Å². The number of carbonyl (C=O) groups is 1. The predicted octanol–water partition coefficient (Wildman–Crippen LogP) is 2.15. The lowest BCUT2D eigenvalue weighted by atomic mass is 9.88. The highest BCUT2D eigenvalue weighted by Gasteiger charge is 2.25. The second kappa shape index (κ2) is 8.41. The van der Waals surface area contributed by atoms with E-state index in [1.54, 1.807) is 6.92 Å². The largest absolute Gasteiger partial charge is 0.481 e. The fourth-order valence-electron chi connectivity index (χ4n) is 3.50. The Morgan fingerprint density at radius 3 is 2.67 bits per heavy atom. The lowest BCUT2D eigenvalue weighted by Crippen LogP contribution is -2.20. The van der Waals surface area contributed by atoms with Crippen molar-refractivity contribution in [1.29, 1.82) is 0 Å². The number of aliphatic imine (C=N–C) groups is 1. The fourth-order valence-corrected chi connectivity index (χ4v) is 3.50. The normalized spacial score (nSPS) is 15.0. The first-order chi connectivity index (χ1) is 13.0. The molecule has 0 saturated carbocycles. The van der Waals surface area contributed by atoms with Crippen molar-refractivity contribution < 1.29 is 19.7 Å². The number of benzene rings is 1. The number of aliphatic hydroxyl groups is 2. The number of fused-ring (bicyclic) bond motifs is 1. The number of carbonyl (C=O) groups excluding carboxylic acids is 1. The van der Waals surface area contributed by atoms with Gasteiger partial charge in [-0.1, -0.05) is 30.3 Å². The number of hydrogen-bond donors (Lipinski definition) is 2. The topological polar surface area (TPSA) is 92.0 Å². The van der Waals surface area contributed by atoms with Gasteiger partial charge in [-0.25, -0.2) is 4.99 Å². The second-order valence-electron chi connectivity index (χ2n) is 6.76. The van der Waals surface area contributed by atoms with E-state index in [2.05, 4.69) is 9.98 Å². The first-order valence-corrected chi connectivity index (χ1v) is 8.99. The molecule has 6 nitrogen and oxygen atoms in total. The summed E-state index contributed by atoms with van der Waals surface area (Å²) in [6.45, 7) is 1.91. The zero-order chi connectivity index (χ0) is 19.4. The van der Waals surface area contributed by atoms with Crippen LogP contribution in [-0.2, 0) is 29.1 Å². The van der Waals surface area contributed by atoms with Gasteiger partial charge in [-0.05, 0) is 24.1 Å². The molecule has 2 heterocycles. The first-order valence-electron chi connectivity index (χ1n) is 8.99. The van der Waals surface area contributed by atoms with Gasteiger partial charge in [-0.2, -0.15) is 0 Å². The van der Waals surface area contributed by atoms with E-state index < -0.39 is 6.10 Å². The Hall–Kier alpha value is -2.57. The van der Waals surface area contributed by atoms with Gasteiger partial charge in [0.2, 0.25) is 5.90 Å². The summed E-state index contributed by atoms with van der Waals surface area (Å²) in [6, 6.07) is 11.4. The van der Waals surface area contributed by atoms with Gasteiger partial charge < -0.3 is 14.9 Å². The van der Waals surface area contributed by atoms with Gasteiger partial charge in [0.1, 0.15) is 5.78 Å². The van der Waals surface area contributed by atoms with E-state index in [1.807, 2.05) is 36.4 Å². The van der Waals surface area contributed by atoms with E-state index >= 15 is 0 Å². The third-order valence-corrected chi connectivity index (χ3v) is 4.82. The molecule has 1 aromatic heterocycles. The average molecular weight is 368 g/mol. The summed E-state index contributed by atoms with van der Waals surface area (Å²) in [5.41, 5.74) is 3.65. The molecule has 0 saturated heterocycles. The maximum Gasteiger partial charge on any atom is 0.218 e. The molecular weight excluding hydrogens is 344 g/mol. The van der Waals surface area contributed by atoms with Crippen LogP contribution in [0.4, 0.5) is 0 Å². The molecule has 0 unspecified atom stereocenters. The third-order valence-electron chi connectivity index (χ3n) is 4.82. The van der Waals surface area contributed by atoms with Gasteiger partial charge in [-0.3, -0.25) is 9.78 Å². The summed E-state index contributed by atoms with van der Waals surface area (Å²) >= 11 is 0. The third kappa shape index (κ3) is 4.23. The number of ether oxygens (including phenoxy) is 1. The van der Waals surface area contributed by atoms with Crippen LogP contribution in [0.1, 0.15) is 47.3 Å². The quantitative estimate of drug-likeness (QED) is 0.781. The Kier molecular flexibility index (Phi) is 5.98. The number of ketones is 1. The van der Waals surface area contributed by atoms with Gasteiger partial charge in [0.05, 0.1) is 37.6 Å². The minimum atomic E-state index is -0.630. The summed E-state index contributed by atoms with van der Waals surface area (Å²) in [5, 5.41) is 19.8. The average Bonchev–Trinajstić information content (AvgIpc) is 3.09. The van der Waals surface area contributed by atoms with Crippen molar-refractivity contribution in [2.24, 2.45) is 4.99 Å². The maximum atomic E-state index is 12.7. The molecule has 1 aliphatic heterocycles. The van der Waals surface area contributed by atoms with Gasteiger partial charge in [0.15, 0.2) is 0 Å². The van der Waals surface area contributed by atoms with Crippen molar-refractivity contribution in [2.75, 3.05) is 7.11 Å². The van der Waals surface area contributed by atoms with Crippen LogP contribution < -0.4 is 0 Å². The molecule has 0 spiro atoms. The molecular formula is C21H24N2O4. The Bertz CT molecular complexity index is 847. The fraction of sp³-hybridized carbons (Fsp3) is 0.381. The highest BCUT2D eigenvalue weighted by atomic mass is 16.5. The molecule has 1 aromatic carbocycles. The van der Waals surface area contributed by atoms with Crippen LogP contribution in [0.2, 0.25) is 0 Å². The summed E-state index contributed by atoms with van der Waals surface area (Å²) in [4.78, 5) is 21.4. The molecule has 0 bridgehead atoms. The molecule has 3 rings (SSSR count). The van der Waals surface area contributed by atoms with Crippen LogP contribution in [0.15, 0.2) is 41.4 Å². The minimum absolute atomic E-state index is 0.00743. The van der Waals surface area contributed by atoms with E-state index in [-0.39, 0.29) is 31.1 Å². The molecule has 0 fully saturated rings. The minimum Gasteiger partial charge on any atom is -0.481 e. The van der Waals surface area contributed by atoms with Gasteiger partial charge in [0, 0.05) is 24.5 Å². The van der Waals surface area contributed by atoms with Gasteiger partial charge >= 0.3 is 0 Å². The zero-order valence-corrected chi connectivity index (χ0v) is 15.6. The predicted molar refractivity (Wildman–Crippen MR) is 102 cm³/mol. The van der Waals surface area contributed by atoms with Crippen LogP contribution in [0.25, 0.3) is 0 Å². The van der Waals surface area contributed by atoms with Crippen molar-refractivity contribution in [3.05, 3.63) is 64.5 Å². The highest BCUT2D eigenvalue weighted by Crippen LogP contribution is 2.26. The Labute approximate surface area is 158 Å². The van der Waals surface area contributed by atoms with E-state index in [4.69, 9.17) is 4.74 Å². The van der Waals surface area contributed by atoms with Crippen molar-refractivity contribution in [3.8, 4) is 0 Å².